The quantitative estimate of drug-likeness (QED) is 0.263. The van der Waals surface area contributed by atoms with Gasteiger partial charge in [0.05, 0.1) is 29.1 Å². The Hall–Kier alpha value is -3.30. The van der Waals surface area contributed by atoms with Gasteiger partial charge in [-0.05, 0) is 42.5 Å². The zero-order valence-electron chi connectivity index (χ0n) is 23.1. The van der Waals surface area contributed by atoms with Gasteiger partial charge >= 0.3 is 6.16 Å². The monoisotopic (exact) mass is 636 g/mol. The maximum absolute atomic E-state index is 15.7. The molecule has 1 aliphatic rings. The second-order valence-corrected chi connectivity index (χ2v) is 12.7. The van der Waals surface area contributed by atoms with Crippen LogP contribution in [0.15, 0.2) is 41.8 Å². The molecular weight excluding hydrogens is 609 g/mol. The first-order valence-electron chi connectivity index (χ1n) is 13.0. The standard InChI is InChI=1S/C29H28Cl2F2N4O4S/c1-5-40-27(39)41-21-13-42-26(36-21)37-25(38)24-22(16-7-6-8-18(31)23(16)33)29(14-34,20(35-24)12-28(2,3)4)17-10-9-15(30)11-19(17)32/h6-11,13,20,22,24,35H,5,12H2,1-4H3,(H,36,37,38)/t20-,22-,24+,29-/m0/s1. The third-order valence-corrected chi connectivity index (χ3v) is 8.16. The number of hydrogen-bond donors (Lipinski definition) is 2. The van der Waals surface area contributed by atoms with Gasteiger partial charge in [-0.25, -0.2) is 13.6 Å². The molecule has 0 bridgehead atoms. The molecule has 1 aromatic heterocycles. The molecule has 1 saturated heterocycles. The number of aromatic nitrogens is 1. The molecule has 2 heterocycles. The minimum absolute atomic E-state index is 0.0322. The van der Waals surface area contributed by atoms with E-state index in [1.165, 1.54) is 35.7 Å². The Bertz CT molecular complexity index is 1540. The van der Waals surface area contributed by atoms with E-state index in [4.69, 9.17) is 32.7 Å². The first kappa shape index (κ1) is 31.6. The summed E-state index contributed by atoms with van der Waals surface area (Å²) in [6, 6.07) is 8.47. The Labute approximate surface area is 255 Å². The Morgan fingerprint density at radius 2 is 1.98 bits per heavy atom. The Balaban J connectivity index is 1.85. The second kappa shape index (κ2) is 12.5. The Kier molecular flexibility index (Phi) is 9.42. The molecule has 1 amide bonds. The van der Waals surface area contributed by atoms with Crippen molar-refractivity contribution in [3.05, 3.63) is 74.6 Å². The van der Waals surface area contributed by atoms with E-state index in [0.717, 1.165) is 17.4 Å². The Morgan fingerprint density at radius 3 is 2.62 bits per heavy atom. The summed E-state index contributed by atoms with van der Waals surface area (Å²) < 4.78 is 41.2. The molecule has 8 nitrogen and oxygen atoms in total. The minimum atomic E-state index is -1.77. The molecule has 13 heteroatoms. The second-order valence-electron chi connectivity index (χ2n) is 11.0. The molecule has 4 rings (SSSR count). The number of nitrogens with one attached hydrogen (secondary N) is 2. The third-order valence-electron chi connectivity index (χ3n) is 6.89. The van der Waals surface area contributed by atoms with Gasteiger partial charge in [-0.1, -0.05) is 62.2 Å². The van der Waals surface area contributed by atoms with E-state index in [1.54, 1.807) is 6.92 Å². The SMILES string of the molecule is CCOC(=O)Oc1csc(NC(=O)[C@@H]2N[C@@H](CC(C)(C)C)[C@](C#N)(c3ccc(Cl)cc3F)[C@H]2c2cccc(Cl)c2F)n1. The molecule has 0 saturated carbocycles. The van der Waals surface area contributed by atoms with E-state index in [2.05, 4.69) is 21.7 Å². The maximum Gasteiger partial charge on any atom is 0.515 e. The van der Waals surface area contributed by atoms with E-state index in [9.17, 15) is 14.9 Å². The fourth-order valence-electron chi connectivity index (χ4n) is 5.34. The van der Waals surface area contributed by atoms with Crippen LogP contribution >= 0.6 is 34.5 Å². The molecule has 3 aromatic rings. The van der Waals surface area contributed by atoms with Gasteiger partial charge in [-0.2, -0.15) is 10.2 Å². The number of hydrogen-bond acceptors (Lipinski definition) is 8. The van der Waals surface area contributed by atoms with Gasteiger partial charge in [0, 0.05) is 22.5 Å². The molecular formula is C29H28Cl2F2N4O4S. The van der Waals surface area contributed by atoms with Gasteiger partial charge < -0.3 is 20.1 Å². The zero-order chi connectivity index (χ0) is 30.8. The zero-order valence-corrected chi connectivity index (χ0v) is 25.5. The summed E-state index contributed by atoms with van der Waals surface area (Å²) in [6.07, 6.45) is -0.636. The predicted molar refractivity (Wildman–Crippen MR) is 156 cm³/mol. The fourth-order valence-corrected chi connectivity index (χ4v) is 6.29. The minimum Gasteiger partial charge on any atom is -0.434 e. The van der Waals surface area contributed by atoms with E-state index >= 15 is 8.78 Å². The van der Waals surface area contributed by atoms with E-state index < -0.39 is 47.1 Å². The summed E-state index contributed by atoms with van der Waals surface area (Å²) in [7, 11) is 0. The topological polar surface area (TPSA) is 113 Å². The molecule has 2 aromatic carbocycles. The number of nitrogens with zero attached hydrogens (tertiary/aromatic N) is 2. The van der Waals surface area contributed by atoms with Crippen molar-refractivity contribution in [3.63, 3.8) is 0 Å². The van der Waals surface area contributed by atoms with Gasteiger partial charge in [0.25, 0.3) is 0 Å². The summed E-state index contributed by atoms with van der Waals surface area (Å²) in [6.45, 7) is 7.55. The molecule has 1 fully saturated rings. The molecule has 0 unspecified atom stereocenters. The molecule has 0 spiro atoms. The van der Waals surface area contributed by atoms with Crippen molar-refractivity contribution in [2.75, 3.05) is 11.9 Å². The number of rotatable bonds is 7. The smallest absolute Gasteiger partial charge is 0.434 e. The Morgan fingerprint density at radius 1 is 1.24 bits per heavy atom. The van der Waals surface area contributed by atoms with Crippen LogP contribution in [-0.2, 0) is 14.9 Å². The first-order valence-corrected chi connectivity index (χ1v) is 14.6. The van der Waals surface area contributed by atoms with Crippen LogP contribution in [0.2, 0.25) is 10.0 Å². The van der Waals surface area contributed by atoms with Gasteiger partial charge in [0.2, 0.25) is 11.8 Å². The van der Waals surface area contributed by atoms with Gasteiger partial charge in [-0.15, -0.1) is 11.3 Å². The molecule has 42 heavy (non-hydrogen) atoms. The normalized spacial score (nSPS) is 21.9. The maximum atomic E-state index is 15.7. The number of nitriles is 1. The van der Waals surface area contributed by atoms with Crippen LogP contribution in [0.3, 0.4) is 0 Å². The highest BCUT2D eigenvalue weighted by Crippen LogP contribution is 2.53. The van der Waals surface area contributed by atoms with Crippen molar-refractivity contribution in [3.8, 4) is 11.9 Å². The van der Waals surface area contributed by atoms with Crippen molar-refractivity contribution in [2.24, 2.45) is 5.41 Å². The number of amides is 1. The van der Waals surface area contributed by atoms with Gasteiger partial charge in [0.1, 0.15) is 17.0 Å². The molecule has 2 N–H and O–H groups in total. The van der Waals surface area contributed by atoms with Crippen molar-refractivity contribution >= 4 is 51.7 Å². The summed E-state index contributed by atoms with van der Waals surface area (Å²) in [5, 5.41) is 18.2. The lowest BCUT2D eigenvalue weighted by Gasteiger charge is -2.37. The third kappa shape index (κ3) is 6.37. The van der Waals surface area contributed by atoms with E-state index in [0.29, 0.717) is 6.42 Å². The van der Waals surface area contributed by atoms with Crippen LogP contribution in [0.1, 0.15) is 51.2 Å². The highest BCUT2D eigenvalue weighted by molar-refractivity contribution is 7.14. The molecule has 0 radical (unpaired) electrons. The number of halogens is 4. The molecule has 4 atom stereocenters. The van der Waals surface area contributed by atoms with E-state index in [1.807, 2.05) is 20.8 Å². The van der Waals surface area contributed by atoms with Crippen LogP contribution in [0, 0.1) is 28.4 Å². The summed E-state index contributed by atoms with van der Waals surface area (Å²) >= 11 is 13.2. The average molecular weight is 638 g/mol. The highest BCUT2D eigenvalue weighted by atomic mass is 35.5. The van der Waals surface area contributed by atoms with Crippen LogP contribution < -0.4 is 15.4 Å². The van der Waals surface area contributed by atoms with Crippen molar-refractivity contribution in [1.29, 1.82) is 5.26 Å². The highest BCUT2D eigenvalue weighted by Gasteiger charge is 2.61. The van der Waals surface area contributed by atoms with Crippen LogP contribution in [-0.4, -0.2) is 35.7 Å². The lowest BCUT2D eigenvalue weighted by molar-refractivity contribution is -0.118. The summed E-state index contributed by atoms with van der Waals surface area (Å²) in [4.78, 5) is 29.6. The predicted octanol–water partition coefficient (Wildman–Crippen LogP) is 7.22. The number of carbonyl (C=O) groups is 2. The summed E-state index contributed by atoms with van der Waals surface area (Å²) in [5.74, 6) is -3.58. The lowest BCUT2D eigenvalue weighted by atomic mass is 9.62. The fraction of sp³-hybridized carbons (Fsp3) is 0.379. The average Bonchev–Trinajstić information content (AvgIpc) is 3.47. The summed E-state index contributed by atoms with van der Waals surface area (Å²) in [5.41, 5.74) is -2.22. The van der Waals surface area contributed by atoms with Gasteiger partial charge in [0.15, 0.2) is 5.13 Å². The number of ether oxygens (including phenoxy) is 2. The number of thiazole rings is 1. The number of anilines is 1. The van der Waals surface area contributed by atoms with Crippen LogP contribution in [0.5, 0.6) is 5.88 Å². The first-order chi connectivity index (χ1) is 19.8. The van der Waals surface area contributed by atoms with Crippen molar-refractivity contribution < 1.29 is 27.8 Å². The van der Waals surface area contributed by atoms with E-state index in [-0.39, 0.29) is 44.2 Å². The number of benzene rings is 2. The van der Waals surface area contributed by atoms with Crippen molar-refractivity contribution in [1.82, 2.24) is 10.3 Å². The molecule has 0 aliphatic carbocycles. The lowest BCUT2D eigenvalue weighted by Crippen LogP contribution is -2.45. The largest absolute Gasteiger partial charge is 0.515 e. The molecule has 1 aliphatic heterocycles. The molecule has 222 valence electrons. The van der Waals surface area contributed by atoms with Crippen molar-refractivity contribution in [2.45, 2.75) is 57.5 Å². The number of carbonyl (C=O) groups excluding carboxylic acids is 2. The van der Waals surface area contributed by atoms with Crippen LogP contribution in [0.25, 0.3) is 0 Å². The van der Waals surface area contributed by atoms with Crippen LogP contribution in [0.4, 0.5) is 18.7 Å². The van der Waals surface area contributed by atoms with Gasteiger partial charge in [-0.3, -0.25) is 4.79 Å².